The molecule has 1 unspecified atom stereocenters. The Kier molecular flexibility index (Phi) is 3.00. The monoisotopic (exact) mass is 237 g/mol. The number of aromatic nitrogens is 1. The molecule has 2 rings (SSSR count). The van der Waals surface area contributed by atoms with Crippen molar-refractivity contribution in [3.8, 4) is 0 Å². The number of halogens is 1. The van der Waals surface area contributed by atoms with Crippen LogP contribution in [0.1, 0.15) is 44.0 Å². The van der Waals surface area contributed by atoms with Crippen molar-refractivity contribution in [1.29, 1.82) is 0 Å². The molecule has 1 aromatic heterocycles. The third kappa shape index (κ3) is 2.24. The molecule has 16 heavy (non-hydrogen) atoms. The van der Waals surface area contributed by atoms with Gasteiger partial charge in [-0.15, -0.1) is 0 Å². The Bertz CT molecular complexity index is 404. The van der Waals surface area contributed by atoms with Crippen LogP contribution in [-0.2, 0) is 12.8 Å². The Morgan fingerprint density at radius 3 is 2.69 bits per heavy atom. The van der Waals surface area contributed by atoms with Crippen LogP contribution in [0.4, 0.5) is 0 Å². The van der Waals surface area contributed by atoms with Gasteiger partial charge in [0.1, 0.15) is 5.15 Å². The van der Waals surface area contributed by atoms with Crippen LogP contribution < -0.4 is 0 Å². The summed E-state index contributed by atoms with van der Waals surface area (Å²) in [4.78, 5) is 4.50. The number of nitrogens with zero attached hydrogens (tertiary/aromatic N) is 1. The maximum atomic E-state index is 6.06. The molecule has 1 atom stereocenters. The van der Waals surface area contributed by atoms with Crippen LogP contribution >= 0.6 is 11.6 Å². The Hall–Kier alpha value is -0.560. The molecule has 1 nitrogen and oxygen atoms in total. The van der Waals surface area contributed by atoms with Gasteiger partial charge >= 0.3 is 0 Å². The Balaban J connectivity index is 2.31. The predicted molar refractivity (Wildman–Crippen MR) is 69.0 cm³/mol. The zero-order valence-corrected chi connectivity index (χ0v) is 11.4. The van der Waals surface area contributed by atoms with Gasteiger partial charge in [-0.05, 0) is 48.6 Å². The molecule has 0 amide bonds. The summed E-state index contributed by atoms with van der Waals surface area (Å²) in [5, 5.41) is 0.674. The fourth-order valence-corrected chi connectivity index (χ4v) is 2.65. The van der Waals surface area contributed by atoms with E-state index >= 15 is 0 Å². The van der Waals surface area contributed by atoms with Gasteiger partial charge in [0.05, 0.1) is 0 Å². The molecule has 0 bridgehead atoms. The minimum absolute atomic E-state index is 0.394. The molecule has 0 fully saturated rings. The van der Waals surface area contributed by atoms with Gasteiger partial charge in [-0.2, -0.15) is 0 Å². The molecule has 0 aromatic carbocycles. The maximum absolute atomic E-state index is 6.06. The van der Waals surface area contributed by atoms with Crippen molar-refractivity contribution in [3.63, 3.8) is 0 Å². The van der Waals surface area contributed by atoms with E-state index in [1.807, 2.05) is 6.92 Å². The van der Waals surface area contributed by atoms with E-state index in [-0.39, 0.29) is 0 Å². The van der Waals surface area contributed by atoms with Crippen LogP contribution in [0.25, 0.3) is 0 Å². The van der Waals surface area contributed by atoms with E-state index in [4.69, 9.17) is 11.6 Å². The SMILES string of the molecule is Cc1cc2c(nc1Cl)CCC(C(C)(C)C)C2. The Morgan fingerprint density at radius 2 is 2.06 bits per heavy atom. The minimum Gasteiger partial charge on any atom is -0.241 e. The van der Waals surface area contributed by atoms with Crippen molar-refractivity contribution in [2.45, 2.75) is 47.0 Å². The first-order chi connectivity index (χ1) is 7.38. The highest BCUT2D eigenvalue weighted by Crippen LogP contribution is 2.37. The van der Waals surface area contributed by atoms with Crippen LogP contribution in [0, 0.1) is 18.3 Å². The first-order valence-electron chi connectivity index (χ1n) is 6.03. The lowest BCUT2D eigenvalue weighted by Crippen LogP contribution is -2.27. The zero-order chi connectivity index (χ0) is 11.9. The fourth-order valence-electron chi connectivity index (χ4n) is 2.49. The van der Waals surface area contributed by atoms with Crippen molar-refractivity contribution in [1.82, 2.24) is 4.98 Å². The normalized spacial score (nSPS) is 20.7. The standard InChI is InChI=1S/C14H20ClN/c1-9-7-10-8-11(14(2,3)4)5-6-12(10)16-13(9)15/h7,11H,5-6,8H2,1-4H3. The fraction of sp³-hybridized carbons (Fsp3) is 0.643. The van der Waals surface area contributed by atoms with Gasteiger partial charge < -0.3 is 0 Å². The topological polar surface area (TPSA) is 12.9 Å². The molecular weight excluding hydrogens is 218 g/mol. The maximum Gasteiger partial charge on any atom is 0.132 e. The highest BCUT2D eigenvalue weighted by molar-refractivity contribution is 6.30. The summed E-state index contributed by atoms with van der Waals surface area (Å²) >= 11 is 6.06. The van der Waals surface area contributed by atoms with Gasteiger partial charge in [0.25, 0.3) is 0 Å². The lowest BCUT2D eigenvalue weighted by atomic mass is 9.71. The lowest BCUT2D eigenvalue weighted by molar-refractivity contribution is 0.215. The van der Waals surface area contributed by atoms with Crippen LogP contribution in [-0.4, -0.2) is 4.98 Å². The van der Waals surface area contributed by atoms with E-state index in [9.17, 15) is 0 Å². The predicted octanol–water partition coefficient (Wildman–Crippen LogP) is 4.19. The van der Waals surface area contributed by atoms with Gasteiger partial charge in [0.15, 0.2) is 0 Å². The summed E-state index contributed by atoms with van der Waals surface area (Å²) in [7, 11) is 0. The molecule has 2 heteroatoms. The summed E-state index contributed by atoms with van der Waals surface area (Å²) in [5.41, 5.74) is 4.13. The number of fused-ring (bicyclic) bond motifs is 1. The van der Waals surface area contributed by atoms with Gasteiger partial charge in [0.2, 0.25) is 0 Å². The molecule has 1 aromatic rings. The van der Waals surface area contributed by atoms with Crippen molar-refractivity contribution in [3.05, 3.63) is 28.0 Å². The average molecular weight is 238 g/mol. The van der Waals surface area contributed by atoms with Gasteiger partial charge in [0, 0.05) is 5.69 Å². The molecule has 0 aliphatic heterocycles. The Labute approximate surface area is 103 Å². The molecule has 0 N–H and O–H groups in total. The Morgan fingerprint density at radius 1 is 1.38 bits per heavy atom. The second-order valence-corrected chi connectivity index (χ2v) is 6.37. The largest absolute Gasteiger partial charge is 0.241 e. The van der Waals surface area contributed by atoms with E-state index in [2.05, 4.69) is 31.8 Å². The van der Waals surface area contributed by atoms with E-state index in [1.54, 1.807) is 0 Å². The van der Waals surface area contributed by atoms with Crippen LogP contribution in [0.3, 0.4) is 0 Å². The molecule has 0 spiro atoms. The second kappa shape index (κ2) is 4.03. The highest BCUT2D eigenvalue weighted by Gasteiger charge is 2.29. The van der Waals surface area contributed by atoms with Crippen LogP contribution in [0.2, 0.25) is 5.15 Å². The summed E-state index contributed by atoms with van der Waals surface area (Å²) in [6.07, 6.45) is 3.48. The van der Waals surface area contributed by atoms with Crippen molar-refractivity contribution in [2.24, 2.45) is 11.3 Å². The van der Waals surface area contributed by atoms with E-state index in [1.165, 1.54) is 17.7 Å². The van der Waals surface area contributed by atoms with E-state index < -0.39 is 0 Å². The van der Waals surface area contributed by atoms with Crippen LogP contribution in [0.5, 0.6) is 0 Å². The number of hydrogen-bond donors (Lipinski definition) is 0. The number of pyridine rings is 1. The van der Waals surface area contributed by atoms with Crippen LogP contribution in [0.15, 0.2) is 6.07 Å². The third-order valence-electron chi connectivity index (χ3n) is 3.74. The molecule has 0 saturated carbocycles. The zero-order valence-electron chi connectivity index (χ0n) is 10.6. The molecular formula is C14H20ClN. The number of hydrogen-bond acceptors (Lipinski definition) is 1. The number of aryl methyl sites for hydroxylation is 2. The first kappa shape index (κ1) is 11.9. The molecule has 1 heterocycles. The van der Waals surface area contributed by atoms with Gasteiger partial charge in [-0.3, -0.25) is 0 Å². The summed E-state index contributed by atoms with van der Waals surface area (Å²) in [6, 6.07) is 2.22. The minimum atomic E-state index is 0.394. The smallest absolute Gasteiger partial charge is 0.132 e. The average Bonchev–Trinajstić information content (AvgIpc) is 2.17. The first-order valence-corrected chi connectivity index (χ1v) is 6.40. The highest BCUT2D eigenvalue weighted by atomic mass is 35.5. The van der Waals surface area contributed by atoms with Crippen molar-refractivity contribution in [2.75, 3.05) is 0 Å². The quantitative estimate of drug-likeness (QED) is 0.617. The van der Waals surface area contributed by atoms with E-state index in [0.717, 1.165) is 24.3 Å². The second-order valence-electron chi connectivity index (χ2n) is 6.01. The molecule has 0 saturated heterocycles. The molecule has 1 aliphatic carbocycles. The van der Waals surface area contributed by atoms with E-state index in [0.29, 0.717) is 10.6 Å². The van der Waals surface area contributed by atoms with Crippen molar-refractivity contribution < 1.29 is 0 Å². The summed E-state index contributed by atoms with van der Waals surface area (Å²) in [6.45, 7) is 9.03. The molecule has 1 aliphatic rings. The lowest BCUT2D eigenvalue weighted by Gasteiger charge is -2.34. The van der Waals surface area contributed by atoms with Crippen molar-refractivity contribution >= 4 is 11.6 Å². The third-order valence-corrected chi connectivity index (χ3v) is 4.12. The molecule has 88 valence electrons. The number of rotatable bonds is 0. The van der Waals surface area contributed by atoms with Gasteiger partial charge in [-0.25, -0.2) is 4.98 Å². The summed E-state index contributed by atoms with van der Waals surface area (Å²) < 4.78 is 0. The van der Waals surface area contributed by atoms with Gasteiger partial charge in [-0.1, -0.05) is 38.4 Å². The summed E-state index contributed by atoms with van der Waals surface area (Å²) in [5.74, 6) is 0.766. The molecule has 0 radical (unpaired) electrons.